The summed E-state index contributed by atoms with van der Waals surface area (Å²) in [5, 5.41) is 5.38. The van der Waals surface area contributed by atoms with Gasteiger partial charge in [-0.15, -0.1) is 11.3 Å². The number of fused-ring (bicyclic) bond motifs is 1. The maximum absolute atomic E-state index is 12.8. The number of imidazole rings is 1. The average Bonchev–Trinajstić information content (AvgIpc) is 2.99. The third-order valence-corrected chi connectivity index (χ3v) is 4.34. The lowest BCUT2D eigenvalue weighted by molar-refractivity contribution is -0.127. The molecule has 0 fully saturated rings. The van der Waals surface area contributed by atoms with Gasteiger partial charge in [0.15, 0.2) is 5.13 Å². The van der Waals surface area contributed by atoms with Gasteiger partial charge >= 0.3 is 6.18 Å². The monoisotopic (exact) mass is 316 g/mol. The van der Waals surface area contributed by atoms with E-state index in [0.29, 0.717) is 23.1 Å². The zero-order chi connectivity index (χ0) is 15.0. The summed E-state index contributed by atoms with van der Waals surface area (Å²) in [6.07, 6.45) is -2.60. The Morgan fingerprint density at radius 3 is 2.81 bits per heavy atom. The van der Waals surface area contributed by atoms with Crippen molar-refractivity contribution in [3.63, 3.8) is 0 Å². The molecule has 0 aliphatic carbocycles. The predicted molar refractivity (Wildman–Crippen MR) is 75.6 cm³/mol. The first-order valence-electron chi connectivity index (χ1n) is 6.76. The minimum absolute atomic E-state index is 0.0901. The molecule has 8 heteroatoms. The second kappa shape index (κ2) is 5.32. The average molecular weight is 316 g/mol. The van der Waals surface area contributed by atoms with Gasteiger partial charge in [0.25, 0.3) is 0 Å². The van der Waals surface area contributed by atoms with Gasteiger partial charge < -0.3 is 9.88 Å². The van der Waals surface area contributed by atoms with Crippen LogP contribution < -0.4 is 5.32 Å². The maximum Gasteiger partial charge on any atom is 0.394 e. The van der Waals surface area contributed by atoms with Crippen LogP contribution in [0, 0.1) is 0 Å². The molecule has 4 nitrogen and oxygen atoms in total. The fraction of sp³-hybridized carbons (Fsp3) is 0.538. The predicted octanol–water partition coefficient (Wildman–Crippen LogP) is 3.49. The molecule has 2 aromatic heterocycles. The van der Waals surface area contributed by atoms with Crippen LogP contribution in [0.25, 0.3) is 11.4 Å². The number of hydrogen-bond acceptors (Lipinski definition) is 4. The van der Waals surface area contributed by atoms with Gasteiger partial charge in [-0.1, -0.05) is 0 Å². The van der Waals surface area contributed by atoms with E-state index in [-0.39, 0.29) is 5.69 Å². The standard InChI is InChI=1S/C13H15F3N4S/c1-17-12-19-9(7-21-12)11-8(6-13(14,15)16)18-10-4-2-3-5-20(10)11/h7H,2-6H2,1H3,(H,17,19). The summed E-state index contributed by atoms with van der Waals surface area (Å²) in [5.74, 6) is 0.745. The summed E-state index contributed by atoms with van der Waals surface area (Å²) in [6.45, 7) is 0.710. The first-order chi connectivity index (χ1) is 9.98. The second-order valence-electron chi connectivity index (χ2n) is 5.01. The van der Waals surface area contributed by atoms with E-state index < -0.39 is 12.6 Å². The number of halogens is 3. The number of thiazole rings is 1. The number of anilines is 1. The lowest BCUT2D eigenvalue weighted by Gasteiger charge is -2.15. The van der Waals surface area contributed by atoms with Crippen LogP contribution in [0.4, 0.5) is 18.3 Å². The van der Waals surface area contributed by atoms with Gasteiger partial charge in [-0.05, 0) is 12.8 Å². The zero-order valence-corrected chi connectivity index (χ0v) is 12.3. The fourth-order valence-corrected chi connectivity index (χ4v) is 3.29. The maximum atomic E-state index is 12.8. The molecule has 1 N–H and O–H groups in total. The van der Waals surface area contributed by atoms with Gasteiger partial charge in [0.1, 0.15) is 11.5 Å². The Morgan fingerprint density at radius 1 is 1.33 bits per heavy atom. The first-order valence-corrected chi connectivity index (χ1v) is 7.64. The molecule has 0 saturated carbocycles. The Hall–Kier alpha value is -1.57. The van der Waals surface area contributed by atoms with Gasteiger partial charge in [-0.3, -0.25) is 0 Å². The smallest absolute Gasteiger partial charge is 0.365 e. The quantitative estimate of drug-likeness (QED) is 0.942. The van der Waals surface area contributed by atoms with E-state index in [4.69, 9.17) is 0 Å². The highest BCUT2D eigenvalue weighted by Gasteiger charge is 2.33. The van der Waals surface area contributed by atoms with Gasteiger partial charge in [0.05, 0.1) is 17.8 Å². The highest BCUT2D eigenvalue weighted by molar-refractivity contribution is 7.14. The molecule has 0 unspecified atom stereocenters. The summed E-state index contributed by atoms with van der Waals surface area (Å²) in [4.78, 5) is 8.58. The molecule has 1 aliphatic heterocycles. The number of nitrogens with zero attached hydrogens (tertiary/aromatic N) is 3. The number of rotatable bonds is 3. The molecule has 0 atom stereocenters. The molecule has 1 aliphatic rings. The molecule has 0 aromatic carbocycles. The van der Waals surface area contributed by atoms with Crippen LogP contribution in [-0.2, 0) is 19.4 Å². The molecule has 0 bridgehead atoms. The molecule has 0 saturated heterocycles. The van der Waals surface area contributed by atoms with Crippen LogP contribution in [0.1, 0.15) is 24.4 Å². The Bertz CT molecular complexity index is 644. The van der Waals surface area contributed by atoms with Gasteiger partial charge in [-0.25, -0.2) is 9.97 Å². The minimum Gasteiger partial charge on any atom is -0.365 e. The Labute approximate surface area is 124 Å². The topological polar surface area (TPSA) is 42.7 Å². The summed E-state index contributed by atoms with van der Waals surface area (Å²) < 4.78 is 40.3. The molecule has 0 spiro atoms. The molecular weight excluding hydrogens is 301 g/mol. The SMILES string of the molecule is CNc1nc(-c2c(CC(F)(F)F)nc3n2CCCC3)cs1. The number of alkyl halides is 3. The van der Waals surface area contributed by atoms with Crippen molar-refractivity contribution in [3.8, 4) is 11.4 Å². The highest BCUT2D eigenvalue weighted by atomic mass is 32.1. The largest absolute Gasteiger partial charge is 0.394 e. The summed E-state index contributed by atoms with van der Waals surface area (Å²) in [7, 11) is 1.74. The van der Waals surface area contributed by atoms with E-state index in [1.807, 2.05) is 4.57 Å². The molecule has 114 valence electrons. The summed E-state index contributed by atoms with van der Waals surface area (Å²) >= 11 is 1.38. The van der Waals surface area contributed by atoms with E-state index in [1.54, 1.807) is 12.4 Å². The molecule has 0 radical (unpaired) electrons. The van der Waals surface area contributed by atoms with Crippen molar-refractivity contribution in [2.45, 2.75) is 38.4 Å². The Morgan fingerprint density at radius 2 is 2.14 bits per heavy atom. The van der Waals surface area contributed by atoms with Crippen LogP contribution in [0.15, 0.2) is 5.38 Å². The van der Waals surface area contributed by atoms with E-state index in [2.05, 4.69) is 15.3 Å². The molecule has 3 rings (SSSR count). The van der Waals surface area contributed by atoms with E-state index >= 15 is 0 Å². The number of hydrogen-bond donors (Lipinski definition) is 1. The van der Waals surface area contributed by atoms with Crippen LogP contribution in [0.2, 0.25) is 0 Å². The van der Waals surface area contributed by atoms with E-state index in [0.717, 1.165) is 25.1 Å². The van der Waals surface area contributed by atoms with Crippen molar-refractivity contribution >= 4 is 16.5 Å². The number of nitrogens with one attached hydrogen (secondary N) is 1. The third-order valence-electron chi connectivity index (χ3n) is 3.48. The fourth-order valence-electron chi connectivity index (χ4n) is 2.64. The second-order valence-corrected chi connectivity index (χ2v) is 5.87. The summed E-state index contributed by atoms with van der Waals surface area (Å²) in [5.41, 5.74) is 1.19. The van der Waals surface area contributed by atoms with Crippen molar-refractivity contribution in [1.29, 1.82) is 0 Å². The van der Waals surface area contributed by atoms with Crippen molar-refractivity contribution in [2.75, 3.05) is 12.4 Å². The van der Waals surface area contributed by atoms with Crippen molar-refractivity contribution < 1.29 is 13.2 Å². The van der Waals surface area contributed by atoms with Gasteiger partial charge in [-0.2, -0.15) is 13.2 Å². The van der Waals surface area contributed by atoms with Gasteiger partial charge in [0.2, 0.25) is 0 Å². The van der Waals surface area contributed by atoms with Crippen molar-refractivity contribution in [1.82, 2.24) is 14.5 Å². The normalized spacial score (nSPS) is 15.0. The lowest BCUT2D eigenvalue weighted by Crippen LogP contribution is -2.13. The van der Waals surface area contributed by atoms with E-state index in [9.17, 15) is 13.2 Å². The lowest BCUT2D eigenvalue weighted by atomic mass is 10.1. The van der Waals surface area contributed by atoms with Crippen molar-refractivity contribution in [2.24, 2.45) is 0 Å². The van der Waals surface area contributed by atoms with Gasteiger partial charge in [0, 0.05) is 25.4 Å². The Balaban J connectivity index is 2.09. The molecule has 3 heterocycles. The summed E-state index contributed by atoms with van der Waals surface area (Å²) in [6, 6.07) is 0. The number of aryl methyl sites for hydroxylation is 1. The van der Waals surface area contributed by atoms with E-state index in [1.165, 1.54) is 11.3 Å². The van der Waals surface area contributed by atoms with Crippen LogP contribution in [0.3, 0.4) is 0 Å². The minimum atomic E-state index is -4.26. The Kier molecular flexibility index (Phi) is 3.64. The molecule has 21 heavy (non-hydrogen) atoms. The van der Waals surface area contributed by atoms with Crippen LogP contribution >= 0.6 is 11.3 Å². The van der Waals surface area contributed by atoms with Crippen LogP contribution in [0.5, 0.6) is 0 Å². The number of aromatic nitrogens is 3. The third kappa shape index (κ3) is 2.90. The highest BCUT2D eigenvalue weighted by Crippen LogP contribution is 2.34. The molecule has 0 amide bonds. The first kappa shape index (κ1) is 14.4. The molecule has 2 aromatic rings. The van der Waals surface area contributed by atoms with Crippen LogP contribution in [-0.4, -0.2) is 27.8 Å². The van der Waals surface area contributed by atoms with Crippen molar-refractivity contribution in [3.05, 3.63) is 16.9 Å². The molecular formula is C13H15F3N4S. The zero-order valence-electron chi connectivity index (χ0n) is 11.5.